The van der Waals surface area contributed by atoms with Gasteiger partial charge in [0.1, 0.15) is 0 Å². The molecule has 20 heavy (non-hydrogen) atoms. The molecule has 0 bridgehead atoms. The third kappa shape index (κ3) is 2.93. The summed E-state index contributed by atoms with van der Waals surface area (Å²) in [5, 5.41) is 9.16. The lowest BCUT2D eigenvalue weighted by molar-refractivity contribution is -0.133. The number of ether oxygens (including phenoxy) is 1. The van der Waals surface area contributed by atoms with Crippen molar-refractivity contribution in [1.82, 2.24) is 0 Å². The first-order valence-corrected chi connectivity index (χ1v) is 6.11. The largest absolute Gasteiger partial charge is 0.465 e. The number of methoxy groups -OCH3 is 1. The van der Waals surface area contributed by atoms with Crippen LogP contribution in [0.3, 0.4) is 0 Å². The zero-order chi connectivity index (χ0) is 14.4. The molecule has 2 rings (SSSR count). The summed E-state index contributed by atoms with van der Waals surface area (Å²) < 4.78 is 4.82. The summed E-state index contributed by atoms with van der Waals surface area (Å²) >= 11 is 0. The van der Waals surface area contributed by atoms with Crippen LogP contribution >= 0.6 is 0 Å². The van der Waals surface area contributed by atoms with Gasteiger partial charge in [0, 0.05) is 5.56 Å². The van der Waals surface area contributed by atoms with E-state index in [1.165, 1.54) is 7.11 Å². The van der Waals surface area contributed by atoms with Gasteiger partial charge in [-0.3, -0.25) is 0 Å². The standard InChI is InChI=1S/C17H13NO2/c1-20-17(19)16(11-13-7-3-2-4-8-13)15-10-6-5-9-14(15)12-18/h2-11H,1H3/b16-11+. The quantitative estimate of drug-likeness (QED) is 0.485. The minimum atomic E-state index is -0.462. The molecule has 0 atom stereocenters. The summed E-state index contributed by atoms with van der Waals surface area (Å²) in [7, 11) is 1.33. The van der Waals surface area contributed by atoms with E-state index in [1.807, 2.05) is 30.3 Å². The van der Waals surface area contributed by atoms with Crippen molar-refractivity contribution in [3.63, 3.8) is 0 Å². The van der Waals surface area contributed by atoms with Gasteiger partial charge in [-0.15, -0.1) is 0 Å². The van der Waals surface area contributed by atoms with E-state index in [9.17, 15) is 4.79 Å². The number of benzene rings is 2. The molecule has 3 heteroatoms. The molecule has 0 saturated carbocycles. The highest BCUT2D eigenvalue weighted by atomic mass is 16.5. The van der Waals surface area contributed by atoms with Crippen LogP contribution in [0, 0.1) is 11.3 Å². The number of rotatable bonds is 3. The fraction of sp³-hybridized carbons (Fsp3) is 0.0588. The fourth-order valence-corrected chi connectivity index (χ4v) is 1.89. The van der Waals surface area contributed by atoms with E-state index in [1.54, 1.807) is 30.3 Å². The van der Waals surface area contributed by atoms with Gasteiger partial charge in [0.25, 0.3) is 0 Å². The normalized spacial score (nSPS) is 10.7. The first kappa shape index (κ1) is 13.6. The lowest BCUT2D eigenvalue weighted by Gasteiger charge is -2.07. The van der Waals surface area contributed by atoms with E-state index in [-0.39, 0.29) is 0 Å². The predicted molar refractivity (Wildman–Crippen MR) is 77.5 cm³/mol. The SMILES string of the molecule is COC(=O)/C(=C/c1ccccc1)c1ccccc1C#N. The monoisotopic (exact) mass is 263 g/mol. The van der Waals surface area contributed by atoms with E-state index in [4.69, 9.17) is 10.00 Å². The summed E-state index contributed by atoms with van der Waals surface area (Å²) in [6.07, 6.45) is 1.72. The molecule has 0 heterocycles. The average molecular weight is 263 g/mol. The second-order valence-electron chi connectivity index (χ2n) is 4.12. The smallest absolute Gasteiger partial charge is 0.338 e. The van der Waals surface area contributed by atoms with Crippen molar-refractivity contribution < 1.29 is 9.53 Å². The molecule has 0 unspecified atom stereocenters. The van der Waals surface area contributed by atoms with Gasteiger partial charge in [0.2, 0.25) is 0 Å². The molecule has 0 radical (unpaired) electrons. The lowest BCUT2D eigenvalue weighted by atomic mass is 9.98. The summed E-state index contributed by atoms with van der Waals surface area (Å²) in [4.78, 5) is 12.0. The number of carbonyl (C=O) groups excluding carboxylic acids is 1. The molecule has 98 valence electrons. The molecule has 0 spiro atoms. The average Bonchev–Trinajstić information content (AvgIpc) is 2.53. The van der Waals surface area contributed by atoms with Crippen LogP contribution in [0.2, 0.25) is 0 Å². The van der Waals surface area contributed by atoms with Crippen LogP contribution in [-0.2, 0) is 9.53 Å². The molecule has 0 aliphatic rings. The molecule has 0 N–H and O–H groups in total. The van der Waals surface area contributed by atoms with E-state index in [0.29, 0.717) is 16.7 Å². The zero-order valence-electron chi connectivity index (χ0n) is 11.0. The maximum Gasteiger partial charge on any atom is 0.338 e. The minimum absolute atomic E-state index is 0.371. The van der Waals surface area contributed by atoms with Crippen molar-refractivity contribution in [2.24, 2.45) is 0 Å². The van der Waals surface area contributed by atoms with Crippen molar-refractivity contribution in [1.29, 1.82) is 5.26 Å². The van der Waals surface area contributed by atoms with Crippen molar-refractivity contribution in [3.05, 3.63) is 71.3 Å². The van der Waals surface area contributed by atoms with Gasteiger partial charge in [0.15, 0.2) is 0 Å². The summed E-state index contributed by atoms with van der Waals surface area (Å²) in [5.41, 5.74) is 2.27. The maximum atomic E-state index is 12.0. The Balaban J connectivity index is 2.57. The van der Waals surface area contributed by atoms with Gasteiger partial charge >= 0.3 is 5.97 Å². The number of carbonyl (C=O) groups is 1. The van der Waals surface area contributed by atoms with Crippen molar-refractivity contribution in [2.75, 3.05) is 7.11 Å². The van der Waals surface area contributed by atoms with E-state index < -0.39 is 5.97 Å². The Morgan fingerprint density at radius 1 is 1.10 bits per heavy atom. The van der Waals surface area contributed by atoms with Gasteiger partial charge in [-0.05, 0) is 17.7 Å². The Hall–Kier alpha value is -2.86. The summed E-state index contributed by atoms with van der Waals surface area (Å²) in [6.45, 7) is 0. The Bertz CT molecular complexity index is 682. The first-order valence-electron chi connectivity index (χ1n) is 6.11. The van der Waals surface area contributed by atoms with Crippen molar-refractivity contribution in [2.45, 2.75) is 0 Å². The number of esters is 1. The van der Waals surface area contributed by atoms with Crippen LogP contribution in [0.15, 0.2) is 54.6 Å². The molecular formula is C17H13NO2. The highest BCUT2D eigenvalue weighted by molar-refractivity contribution is 6.22. The summed E-state index contributed by atoms with van der Waals surface area (Å²) in [6, 6.07) is 18.5. The van der Waals surface area contributed by atoms with E-state index >= 15 is 0 Å². The first-order chi connectivity index (χ1) is 9.76. The van der Waals surface area contributed by atoms with Gasteiger partial charge in [-0.2, -0.15) is 5.26 Å². The number of nitriles is 1. The Labute approximate surface area is 117 Å². The van der Waals surface area contributed by atoms with Gasteiger partial charge in [-0.1, -0.05) is 48.5 Å². The third-order valence-corrected chi connectivity index (χ3v) is 2.85. The predicted octanol–water partition coefficient (Wildman–Crippen LogP) is 3.27. The maximum absolute atomic E-state index is 12.0. The fourth-order valence-electron chi connectivity index (χ4n) is 1.89. The second-order valence-corrected chi connectivity index (χ2v) is 4.12. The number of hydrogen-bond donors (Lipinski definition) is 0. The lowest BCUT2D eigenvalue weighted by Crippen LogP contribution is -2.05. The Kier molecular flexibility index (Phi) is 4.31. The molecule has 0 saturated heterocycles. The van der Waals surface area contributed by atoms with Crippen LogP contribution < -0.4 is 0 Å². The van der Waals surface area contributed by atoms with Crippen LogP contribution in [0.4, 0.5) is 0 Å². The molecule has 3 nitrogen and oxygen atoms in total. The molecule has 2 aromatic carbocycles. The van der Waals surface area contributed by atoms with Gasteiger partial charge < -0.3 is 4.74 Å². The topological polar surface area (TPSA) is 50.1 Å². The van der Waals surface area contributed by atoms with E-state index in [0.717, 1.165) is 5.56 Å². The molecule has 2 aromatic rings. The minimum Gasteiger partial charge on any atom is -0.465 e. The van der Waals surface area contributed by atoms with Crippen molar-refractivity contribution in [3.8, 4) is 6.07 Å². The third-order valence-electron chi connectivity index (χ3n) is 2.85. The van der Waals surface area contributed by atoms with Gasteiger partial charge in [0.05, 0.1) is 24.3 Å². The molecule has 0 aliphatic carbocycles. The number of nitrogens with zero attached hydrogens (tertiary/aromatic N) is 1. The van der Waals surface area contributed by atoms with Crippen LogP contribution in [-0.4, -0.2) is 13.1 Å². The van der Waals surface area contributed by atoms with Crippen LogP contribution in [0.25, 0.3) is 11.6 Å². The highest BCUT2D eigenvalue weighted by Gasteiger charge is 2.15. The Morgan fingerprint density at radius 3 is 2.40 bits per heavy atom. The zero-order valence-corrected chi connectivity index (χ0v) is 11.0. The molecule has 0 aliphatic heterocycles. The van der Waals surface area contributed by atoms with E-state index in [2.05, 4.69) is 6.07 Å². The molecule has 0 aromatic heterocycles. The van der Waals surface area contributed by atoms with Crippen LogP contribution in [0.1, 0.15) is 16.7 Å². The Morgan fingerprint density at radius 2 is 1.75 bits per heavy atom. The highest BCUT2D eigenvalue weighted by Crippen LogP contribution is 2.22. The second kappa shape index (κ2) is 6.35. The van der Waals surface area contributed by atoms with Crippen molar-refractivity contribution >= 4 is 17.6 Å². The van der Waals surface area contributed by atoms with Gasteiger partial charge in [-0.25, -0.2) is 4.79 Å². The summed E-state index contributed by atoms with van der Waals surface area (Å²) in [5.74, 6) is -0.462. The molecular weight excluding hydrogens is 250 g/mol. The van der Waals surface area contributed by atoms with Crippen LogP contribution in [0.5, 0.6) is 0 Å². The number of hydrogen-bond acceptors (Lipinski definition) is 3. The molecule has 0 amide bonds. The molecule has 0 fully saturated rings.